The van der Waals surface area contributed by atoms with E-state index in [0.717, 1.165) is 6.29 Å². The van der Waals surface area contributed by atoms with Crippen molar-refractivity contribution in [3.8, 4) is 0 Å². The largest absolute Gasteiger partial charge is 2.00 e. The Labute approximate surface area is 72.6 Å². The van der Waals surface area contributed by atoms with Crippen LogP contribution in [0.25, 0.3) is 0 Å². The topological polar surface area (TPSA) is 54.4 Å². The van der Waals surface area contributed by atoms with Crippen molar-refractivity contribution < 1.29 is 17.5 Å². The van der Waals surface area contributed by atoms with Crippen LogP contribution in [-0.4, -0.2) is 40.4 Å². The van der Waals surface area contributed by atoms with Gasteiger partial charge in [0.25, 0.3) is 0 Å². The summed E-state index contributed by atoms with van der Waals surface area (Å²) in [6, 6.07) is 0. The van der Waals surface area contributed by atoms with Gasteiger partial charge in [0.1, 0.15) is 6.29 Å². The summed E-state index contributed by atoms with van der Waals surface area (Å²) in [7, 11) is 0. The van der Waals surface area contributed by atoms with Crippen molar-refractivity contribution in [2.75, 3.05) is 0 Å². The van der Waals surface area contributed by atoms with Crippen LogP contribution >= 0.6 is 0 Å². The molecule has 0 aliphatic rings. The summed E-state index contributed by atoms with van der Waals surface area (Å²) in [5.74, 6) is -0.841. The van der Waals surface area contributed by atoms with Crippen LogP contribution in [0.2, 0.25) is 0 Å². The molecule has 0 saturated carbocycles. The third kappa shape index (κ3) is 11.5. The minimum atomic E-state index is -0.841. The molecule has 1 N–H and O–H groups in total. The minimum absolute atomic E-state index is 0. The number of carboxylic acid groups (broad SMARTS) is 1. The van der Waals surface area contributed by atoms with E-state index in [2.05, 4.69) is 0 Å². The number of carboxylic acids is 1. The summed E-state index contributed by atoms with van der Waals surface area (Å²) in [6.07, 6.45) is 1.63. The van der Waals surface area contributed by atoms with Gasteiger partial charge in [-0.15, -0.1) is 0 Å². The Balaban J connectivity index is -0.0000000817. The summed E-state index contributed by atoms with van der Waals surface area (Å²) in [5.41, 5.74) is 0. The van der Waals surface area contributed by atoms with Gasteiger partial charge < -0.3 is 12.8 Å². The second-order valence-electron chi connectivity index (χ2n) is 1.45. The van der Waals surface area contributed by atoms with E-state index < -0.39 is 5.97 Å². The Morgan fingerprint density at radius 3 is 2.56 bits per heavy atom. The fourth-order valence-corrected chi connectivity index (χ4v) is 0.337. The number of aliphatic carboxylic acids is 1. The standard InChI is InChI=1S/C5H8O3.Mg.2H/c6-4-2-1-3-5(7)8;;;/h4H,1-3H2,(H,7,8);;;/q;+2;2*-1. The zero-order valence-electron chi connectivity index (χ0n) is 7.17. The van der Waals surface area contributed by atoms with Crippen molar-refractivity contribution in [2.45, 2.75) is 19.3 Å². The van der Waals surface area contributed by atoms with Crippen LogP contribution < -0.4 is 0 Å². The van der Waals surface area contributed by atoms with Gasteiger partial charge in [-0.1, -0.05) is 0 Å². The van der Waals surface area contributed by atoms with Gasteiger partial charge in [0.2, 0.25) is 0 Å². The van der Waals surface area contributed by atoms with Crippen LogP contribution in [0, 0.1) is 0 Å². The maximum absolute atomic E-state index is 9.76. The van der Waals surface area contributed by atoms with E-state index in [-0.39, 0.29) is 32.3 Å². The third-order valence-corrected chi connectivity index (χ3v) is 0.713. The van der Waals surface area contributed by atoms with Gasteiger partial charge in [0, 0.05) is 12.8 Å². The Bertz CT molecular complexity index is 99.7. The van der Waals surface area contributed by atoms with Crippen LogP contribution in [0.1, 0.15) is 22.1 Å². The Morgan fingerprint density at radius 2 is 2.22 bits per heavy atom. The number of hydrogen-bond donors (Lipinski definition) is 1. The molecule has 0 unspecified atom stereocenters. The number of rotatable bonds is 4. The molecule has 0 rings (SSSR count). The molecule has 9 heavy (non-hydrogen) atoms. The fourth-order valence-electron chi connectivity index (χ4n) is 0.337. The first-order valence-electron chi connectivity index (χ1n) is 2.43. The minimum Gasteiger partial charge on any atom is -1.00 e. The Hall–Kier alpha value is -0.0938. The molecular weight excluding hydrogens is 132 g/mol. The third-order valence-electron chi connectivity index (χ3n) is 0.713. The first kappa shape index (κ1) is 11.7. The van der Waals surface area contributed by atoms with Gasteiger partial charge in [-0.05, 0) is 6.42 Å². The normalized spacial score (nSPS) is 7.56. The Kier molecular flexibility index (Phi) is 10.3. The van der Waals surface area contributed by atoms with Crippen molar-refractivity contribution in [2.24, 2.45) is 0 Å². The van der Waals surface area contributed by atoms with Crippen molar-refractivity contribution >= 4 is 35.3 Å². The summed E-state index contributed by atoms with van der Waals surface area (Å²) in [5, 5.41) is 8.02. The second kappa shape index (κ2) is 7.91. The smallest absolute Gasteiger partial charge is 1.00 e. The molecule has 0 spiro atoms. The van der Waals surface area contributed by atoms with Gasteiger partial charge in [-0.3, -0.25) is 4.79 Å². The van der Waals surface area contributed by atoms with Gasteiger partial charge in [-0.25, -0.2) is 0 Å². The predicted octanol–water partition coefficient (Wildman–Crippen LogP) is 0.284. The van der Waals surface area contributed by atoms with E-state index in [1.807, 2.05) is 0 Å². The van der Waals surface area contributed by atoms with Gasteiger partial charge in [0.05, 0.1) is 0 Å². The van der Waals surface area contributed by atoms with Crippen molar-refractivity contribution in [1.82, 2.24) is 0 Å². The van der Waals surface area contributed by atoms with Crippen LogP contribution in [0.15, 0.2) is 0 Å². The molecule has 0 heterocycles. The van der Waals surface area contributed by atoms with Crippen molar-refractivity contribution in [3.63, 3.8) is 0 Å². The molecule has 0 saturated heterocycles. The number of unbranched alkanes of at least 4 members (excludes halogenated alkanes) is 1. The molecule has 0 atom stereocenters. The second-order valence-corrected chi connectivity index (χ2v) is 1.45. The average molecular weight is 142 g/mol. The molecule has 3 nitrogen and oxygen atoms in total. The molecule has 0 radical (unpaired) electrons. The van der Waals surface area contributed by atoms with Crippen LogP contribution in [0.4, 0.5) is 0 Å². The maximum Gasteiger partial charge on any atom is 2.00 e. The van der Waals surface area contributed by atoms with Crippen LogP contribution in [-0.2, 0) is 9.59 Å². The number of carbonyl (C=O) groups excluding carboxylic acids is 1. The van der Waals surface area contributed by atoms with Crippen LogP contribution in [0.5, 0.6) is 0 Å². The SMILES string of the molecule is O=CCCCC(=O)O.[H-].[H-].[Mg+2]. The molecule has 0 bridgehead atoms. The number of hydrogen-bond acceptors (Lipinski definition) is 2. The van der Waals surface area contributed by atoms with E-state index in [0.29, 0.717) is 12.8 Å². The number of aldehydes is 1. The first-order valence-corrected chi connectivity index (χ1v) is 2.43. The van der Waals surface area contributed by atoms with E-state index >= 15 is 0 Å². The van der Waals surface area contributed by atoms with E-state index in [1.165, 1.54) is 0 Å². The predicted molar refractivity (Wildman–Crippen MR) is 35.5 cm³/mol. The van der Waals surface area contributed by atoms with Crippen LogP contribution in [0.3, 0.4) is 0 Å². The molecule has 4 heteroatoms. The molecule has 0 amide bonds. The first-order chi connectivity index (χ1) is 3.77. The van der Waals surface area contributed by atoms with E-state index in [9.17, 15) is 9.59 Å². The fraction of sp³-hybridized carbons (Fsp3) is 0.600. The summed E-state index contributed by atoms with van der Waals surface area (Å²) < 4.78 is 0. The van der Waals surface area contributed by atoms with E-state index in [1.54, 1.807) is 0 Å². The molecule has 0 aromatic rings. The van der Waals surface area contributed by atoms with Gasteiger partial charge in [0.15, 0.2) is 0 Å². The molecule has 0 aliphatic carbocycles. The number of carbonyl (C=O) groups is 2. The van der Waals surface area contributed by atoms with Gasteiger partial charge >= 0.3 is 29.0 Å². The summed E-state index contributed by atoms with van der Waals surface area (Å²) in [4.78, 5) is 19.4. The zero-order chi connectivity index (χ0) is 6.41. The molecule has 50 valence electrons. The van der Waals surface area contributed by atoms with Crippen molar-refractivity contribution in [1.29, 1.82) is 0 Å². The maximum atomic E-state index is 9.76. The summed E-state index contributed by atoms with van der Waals surface area (Å²) >= 11 is 0. The molecule has 0 aromatic carbocycles. The molecule has 0 aromatic heterocycles. The molecule has 0 fully saturated rings. The quantitative estimate of drug-likeness (QED) is 0.349. The summed E-state index contributed by atoms with van der Waals surface area (Å²) in [6.45, 7) is 0. The molecular formula is C5H10MgO3. The average Bonchev–Trinajstić information content (AvgIpc) is 1.66. The van der Waals surface area contributed by atoms with E-state index in [4.69, 9.17) is 5.11 Å². The van der Waals surface area contributed by atoms with Gasteiger partial charge in [-0.2, -0.15) is 0 Å². The van der Waals surface area contributed by atoms with Crippen molar-refractivity contribution in [3.05, 3.63) is 0 Å². The molecule has 0 aliphatic heterocycles. The zero-order valence-corrected chi connectivity index (χ0v) is 6.58. The Morgan fingerprint density at radius 1 is 1.67 bits per heavy atom. The monoisotopic (exact) mass is 142 g/mol.